The number of pyridine rings is 1. The topological polar surface area (TPSA) is 66.7 Å². The van der Waals surface area contributed by atoms with Crippen LogP contribution in [-0.4, -0.2) is 52.8 Å². The fourth-order valence-electron chi connectivity index (χ4n) is 4.25. The number of aromatic nitrogens is 1. The van der Waals surface area contributed by atoms with Gasteiger partial charge in [0, 0.05) is 37.8 Å². The van der Waals surface area contributed by atoms with Crippen LogP contribution in [0.1, 0.15) is 70.3 Å². The Morgan fingerprint density at radius 2 is 1.68 bits per heavy atom. The second-order valence-electron chi connectivity index (χ2n) is 7.78. The lowest BCUT2D eigenvalue weighted by Gasteiger charge is -2.33. The van der Waals surface area contributed by atoms with Crippen LogP contribution in [0, 0.1) is 6.92 Å². The molecule has 0 N–H and O–H groups in total. The van der Waals surface area contributed by atoms with E-state index in [4.69, 9.17) is 9.40 Å². The average Bonchev–Trinajstić information content (AvgIpc) is 3.28. The molecule has 0 bridgehead atoms. The minimum Gasteiger partial charge on any atom is -0.459 e. The van der Waals surface area contributed by atoms with E-state index >= 15 is 0 Å². The molecule has 2 saturated heterocycles. The van der Waals surface area contributed by atoms with E-state index in [1.165, 1.54) is 12.7 Å². The van der Waals surface area contributed by atoms with Gasteiger partial charge in [-0.05, 0) is 63.3 Å². The van der Waals surface area contributed by atoms with Crippen molar-refractivity contribution in [1.29, 1.82) is 0 Å². The van der Waals surface area contributed by atoms with Crippen LogP contribution in [-0.2, 0) is 0 Å². The fourth-order valence-corrected chi connectivity index (χ4v) is 4.25. The molecule has 6 heteroatoms. The number of hydrogen-bond donors (Lipinski definition) is 0. The molecule has 0 atom stereocenters. The van der Waals surface area contributed by atoms with Crippen LogP contribution in [0.3, 0.4) is 0 Å². The highest BCUT2D eigenvalue weighted by atomic mass is 16.3. The van der Waals surface area contributed by atoms with Gasteiger partial charge in [0.25, 0.3) is 11.8 Å². The first-order valence-corrected chi connectivity index (χ1v) is 10.2. The number of hydrogen-bond acceptors (Lipinski definition) is 4. The van der Waals surface area contributed by atoms with E-state index in [0.717, 1.165) is 55.7 Å². The van der Waals surface area contributed by atoms with Crippen molar-refractivity contribution in [1.82, 2.24) is 14.8 Å². The van der Waals surface area contributed by atoms with Gasteiger partial charge in [0.1, 0.15) is 0 Å². The number of rotatable bonds is 3. The molecule has 2 aliphatic rings. The summed E-state index contributed by atoms with van der Waals surface area (Å²) < 4.78 is 5.24. The van der Waals surface area contributed by atoms with E-state index in [0.29, 0.717) is 18.8 Å². The highest BCUT2D eigenvalue weighted by molar-refractivity contribution is 5.95. The van der Waals surface area contributed by atoms with Gasteiger partial charge in [-0.1, -0.05) is 0 Å². The Balaban J connectivity index is 1.49. The summed E-state index contributed by atoms with van der Waals surface area (Å²) in [6.45, 7) is 4.94. The Morgan fingerprint density at radius 3 is 2.36 bits per heavy atom. The summed E-state index contributed by atoms with van der Waals surface area (Å²) in [4.78, 5) is 34.2. The Labute approximate surface area is 165 Å². The average molecular weight is 381 g/mol. The number of carbonyl (C=O) groups is 2. The zero-order valence-corrected chi connectivity index (χ0v) is 16.4. The number of nitrogens with zero attached hydrogens (tertiary/aromatic N) is 3. The maximum Gasteiger partial charge on any atom is 0.289 e. The van der Waals surface area contributed by atoms with Gasteiger partial charge >= 0.3 is 0 Å². The maximum atomic E-state index is 13.1. The molecule has 2 aliphatic heterocycles. The van der Waals surface area contributed by atoms with Crippen molar-refractivity contribution >= 4 is 11.8 Å². The molecule has 0 unspecified atom stereocenters. The Hall–Kier alpha value is -2.63. The van der Waals surface area contributed by atoms with E-state index < -0.39 is 0 Å². The van der Waals surface area contributed by atoms with Crippen molar-refractivity contribution in [2.45, 2.75) is 44.9 Å². The molecule has 2 fully saturated rings. The lowest BCUT2D eigenvalue weighted by Crippen LogP contribution is -2.39. The summed E-state index contributed by atoms with van der Waals surface area (Å²) in [6.07, 6.45) is 6.49. The molecule has 2 aromatic rings. The van der Waals surface area contributed by atoms with E-state index in [-0.39, 0.29) is 17.7 Å². The van der Waals surface area contributed by atoms with Crippen molar-refractivity contribution in [3.63, 3.8) is 0 Å². The van der Waals surface area contributed by atoms with E-state index in [1.54, 1.807) is 12.1 Å². The SMILES string of the molecule is Cc1ccc(C(=O)N2CCCCC2)c(C2CCN(C(=O)c3ccco3)CC2)n1. The Kier molecular flexibility index (Phi) is 5.46. The third-order valence-corrected chi connectivity index (χ3v) is 5.84. The molecular formula is C22H27N3O3. The zero-order valence-electron chi connectivity index (χ0n) is 16.4. The normalized spacial score (nSPS) is 18.3. The van der Waals surface area contributed by atoms with Gasteiger partial charge in [0.2, 0.25) is 0 Å². The number of amides is 2. The summed E-state index contributed by atoms with van der Waals surface area (Å²) >= 11 is 0. The van der Waals surface area contributed by atoms with Crippen molar-refractivity contribution < 1.29 is 14.0 Å². The minimum atomic E-state index is -0.0646. The van der Waals surface area contributed by atoms with Gasteiger partial charge in [0.15, 0.2) is 5.76 Å². The van der Waals surface area contributed by atoms with Gasteiger partial charge < -0.3 is 14.2 Å². The van der Waals surface area contributed by atoms with Crippen LogP contribution in [0.5, 0.6) is 0 Å². The lowest BCUT2D eigenvalue weighted by atomic mass is 9.89. The van der Waals surface area contributed by atoms with Crippen molar-refractivity contribution in [3.05, 3.63) is 53.2 Å². The van der Waals surface area contributed by atoms with Crippen LogP contribution in [0.4, 0.5) is 0 Å². The van der Waals surface area contributed by atoms with Crippen molar-refractivity contribution in [2.24, 2.45) is 0 Å². The first-order chi connectivity index (χ1) is 13.6. The van der Waals surface area contributed by atoms with Crippen LogP contribution < -0.4 is 0 Å². The second-order valence-corrected chi connectivity index (χ2v) is 7.78. The molecule has 4 heterocycles. The number of aryl methyl sites for hydroxylation is 1. The Bertz CT molecular complexity index is 833. The number of furan rings is 1. The van der Waals surface area contributed by atoms with E-state index in [2.05, 4.69) is 0 Å². The highest BCUT2D eigenvalue weighted by Crippen LogP contribution is 2.31. The predicted molar refractivity (Wildman–Crippen MR) is 105 cm³/mol. The summed E-state index contributed by atoms with van der Waals surface area (Å²) in [5, 5.41) is 0. The second kappa shape index (κ2) is 8.17. The number of piperidine rings is 2. The molecule has 2 amide bonds. The van der Waals surface area contributed by atoms with Gasteiger partial charge in [0.05, 0.1) is 17.5 Å². The van der Waals surface area contributed by atoms with Gasteiger partial charge in [-0.3, -0.25) is 14.6 Å². The molecule has 0 aliphatic carbocycles. The van der Waals surface area contributed by atoms with Gasteiger partial charge in [-0.2, -0.15) is 0 Å². The van der Waals surface area contributed by atoms with E-state index in [1.807, 2.05) is 28.9 Å². The summed E-state index contributed by atoms with van der Waals surface area (Å²) in [5.41, 5.74) is 2.57. The first kappa shape index (κ1) is 18.7. The fraction of sp³-hybridized carbons (Fsp3) is 0.500. The minimum absolute atomic E-state index is 0.0646. The molecule has 0 saturated carbocycles. The predicted octanol–water partition coefficient (Wildman–Crippen LogP) is 3.63. The maximum absolute atomic E-state index is 13.1. The van der Waals surface area contributed by atoms with E-state index in [9.17, 15) is 9.59 Å². The smallest absolute Gasteiger partial charge is 0.289 e. The third-order valence-electron chi connectivity index (χ3n) is 5.84. The molecular weight excluding hydrogens is 354 g/mol. The summed E-state index contributed by atoms with van der Waals surface area (Å²) in [6, 6.07) is 7.30. The molecule has 0 aromatic carbocycles. The van der Waals surface area contributed by atoms with Gasteiger partial charge in [-0.25, -0.2) is 0 Å². The van der Waals surface area contributed by atoms with Crippen molar-refractivity contribution in [3.8, 4) is 0 Å². The highest BCUT2D eigenvalue weighted by Gasteiger charge is 2.30. The Morgan fingerprint density at radius 1 is 0.964 bits per heavy atom. The van der Waals surface area contributed by atoms with Crippen molar-refractivity contribution in [2.75, 3.05) is 26.2 Å². The first-order valence-electron chi connectivity index (χ1n) is 10.2. The summed E-state index contributed by atoms with van der Waals surface area (Å²) in [7, 11) is 0. The molecule has 0 radical (unpaired) electrons. The van der Waals surface area contributed by atoms with Crippen LogP contribution in [0.2, 0.25) is 0 Å². The molecule has 2 aromatic heterocycles. The van der Waals surface area contributed by atoms with Crippen LogP contribution >= 0.6 is 0 Å². The third kappa shape index (κ3) is 3.81. The monoisotopic (exact) mass is 381 g/mol. The van der Waals surface area contributed by atoms with Crippen LogP contribution in [0.25, 0.3) is 0 Å². The van der Waals surface area contributed by atoms with Crippen LogP contribution in [0.15, 0.2) is 34.9 Å². The standard InChI is InChI=1S/C22H27N3O3/c1-16-7-8-18(21(26)24-11-3-2-4-12-24)20(23-16)17-9-13-25(14-10-17)22(27)19-6-5-15-28-19/h5-8,15,17H,2-4,9-14H2,1H3. The number of carbonyl (C=O) groups excluding carboxylic acids is 2. The van der Waals surface area contributed by atoms with Gasteiger partial charge in [-0.15, -0.1) is 0 Å². The molecule has 148 valence electrons. The molecule has 28 heavy (non-hydrogen) atoms. The number of likely N-dealkylation sites (tertiary alicyclic amines) is 2. The quantitative estimate of drug-likeness (QED) is 0.814. The molecule has 0 spiro atoms. The summed E-state index contributed by atoms with van der Waals surface area (Å²) in [5.74, 6) is 0.624. The lowest BCUT2D eigenvalue weighted by molar-refractivity contribution is 0.0672. The molecule has 4 rings (SSSR count). The molecule has 6 nitrogen and oxygen atoms in total. The zero-order chi connectivity index (χ0) is 19.5. The largest absolute Gasteiger partial charge is 0.459 e.